The Morgan fingerprint density at radius 3 is 1.39 bits per heavy atom. The molecule has 3 rings (SSSR count). The van der Waals surface area contributed by atoms with Crippen LogP contribution in [0.1, 0.15) is 54.9 Å². The van der Waals surface area contributed by atoms with Crippen molar-refractivity contribution in [2.75, 3.05) is 11.4 Å². The third-order valence-corrected chi connectivity index (χ3v) is 2.85. The summed E-state index contributed by atoms with van der Waals surface area (Å²) in [6.07, 6.45) is 1.25. The number of hydrogen-bond donors (Lipinski definition) is 0. The van der Waals surface area contributed by atoms with Crippen LogP contribution in [-0.4, -0.2) is 6.54 Å². The second kappa shape index (κ2) is 12.6. The number of fused-ring (bicyclic) bond motifs is 2. The average molecular weight is 316 g/mol. The number of para-hydroxylation sites is 4. The largest absolute Gasteiger partial charge is 0.453 e. The van der Waals surface area contributed by atoms with E-state index in [-0.39, 0.29) is 0 Å². The minimum atomic E-state index is 0.933. The summed E-state index contributed by atoms with van der Waals surface area (Å²) in [5.41, 5.74) is 2.28. The summed E-state index contributed by atoms with van der Waals surface area (Å²) >= 11 is 0. The molecule has 0 spiro atoms. The quantitative estimate of drug-likeness (QED) is 0.543. The molecule has 0 amide bonds. The van der Waals surface area contributed by atoms with Crippen LogP contribution in [0.3, 0.4) is 0 Å². The SMILES string of the molecule is CC.CC.CCC.CCN1c2ccccc2Oc2ccccc21. The normalized spacial score (nSPS) is 10.1. The van der Waals surface area contributed by atoms with Crippen molar-refractivity contribution in [3.8, 4) is 11.5 Å². The Kier molecular flexibility index (Phi) is 11.5. The standard InChI is InChI=1S/C14H13NO.C3H8.2C2H6/c1-2-15-11-7-3-5-9-13(11)16-14-10-6-4-8-12(14)15;1-3-2;2*1-2/h3-10H,2H2,1H3;3H2,1-2H3;2*1-2H3. The van der Waals surface area contributed by atoms with E-state index in [1.807, 2.05) is 64.1 Å². The predicted molar refractivity (Wildman–Crippen MR) is 104 cm³/mol. The van der Waals surface area contributed by atoms with Gasteiger partial charge in [-0.3, -0.25) is 0 Å². The van der Waals surface area contributed by atoms with Crippen molar-refractivity contribution < 1.29 is 4.74 Å². The van der Waals surface area contributed by atoms with E-state index in [4.69, 9.17) is 4.74 Å². The molecular formula is C21H33NO. The van der Waals surface area contributed by atoms with Crippen molar-refractivity contribution in [1.29, 1.82) is 0 Å². The fourth-order valence-electron chi connectivity index (χ4n) is 2.12. The number of benzene rings is 2. The van der Waals surface area contributed by atoms with E-state index in [0.717, 1.165) is 29.4 Å². The Hall–Kier alpha value is -1.96. The molecular weight excluding hydrogens is 282 g/mol. The first-order valence-electron chi connectivity index (χ1n) is 8.95. The number of hydrogen-bond acceptors (Lipinski definition) is 2. The topological polar surface area (TPSA) is 12.5 Å². The summed E-state index contributed by atoms with van der Waals surface area (Å²) in [5.74, 6) is 1.87. The van der Waals surface area contributed by atoms with Crippen molar-refractivity contribution in [1.82, 2.24) is 0 Å². The lowest BCUT2D eigenvalue weighted by atomic mass is 10.1. The van der Waals surface area contributed by atoms with Gasteiger partial charge < -0.3 is 9.64 Å². The van der Waals surface area contributed by atoms with E-state index < -0.39 is 0 Å². The summed E-state index contributed by atoms with van der Waals surface area (Å²) in [6, 6.07) is 16.3. The van der Waals surface area contributed by atoms with E-state index >= 15 is 0 Å². The van der Waals surface area contributed by atoms with Crippen LogP contribution in [0.5, 0.6) is 11.5 Å². The zero-order chi connectivity index (χ0) is 17.7. The van der Waals surface area contributed by atoms with Gasteiger partial charge in [-0.05, 0) is 31.2 Å². The molecule has 2 heteroatoms. The van der Waals surface area contributed by atoms with E-state index in [0.29, 0.717) is 0 Å². The van der Waals surface area contributed by atoms with Gasteiger partial charge in [0.2, 0.25) is 0 Å². The van der Waals surface area contributed by atoms with Gasteiger partial charge in [-0.2, -0.15) is 0 Å². The van der Waals surface area contributed by atoms with Crippen LogP contribution in [0.15, 0.2) is 48.5 Å². The maximum absolute atomic E-state index is 5.87. The van der Waals surface area contributed by atoms with Crippen LogP contribution >= 0.6 is 0 Å². The van der Waals surface area contributed by atoms with Gasteiger partial charge in [0.25, 0.3) is 0 Å². The van der Waals surface area contributed by atoms with Crippen LogP contribution in [0.25, 0.3) is 0 Å². The highest BCUT2D eigenvalue weighted by atomic mass is 16.5. The predicted octanol–water partition coefficient (Wildman–Crippen LogP) is 7.42. The molecule has 0 aromatic heterocycles. The Bertz CT molecular complexity index is 491. The molecule has 128 valence electrons. The van der Waals surface area contributed by atoms with Crippen LogP contribution in [-0.2, 0) is 0 Å². The van der Waals surface area contributed by atoms with E-state index in [1.54, 1.807) is 0 Å². The van der Waals surface area contributed by atoms with Gasteiger partial charge >= 0.3 is 0 Å². The third-order valence-electron chi connectivity index (χ3n) is 2.85. The smallest absolute Gasteiger partial charge is 0.151 e. The van der Waals surface area contributed by atoms with Gasteiger partial charge in [0.05, 0.1) is 11.4 Å². The molecule has 0 N–H and O–H groups in total. The third kappa shape index (κ3) is 5.63. The molecule has 2 aromatic rings. The zero-order valence-corrected chi connectivity index (χ0v) is 15.9. The monoisotopic (exact) mass is 315 g/mol. The fourth-order valence-corrected chi connectivity index (χ4v) is 2.12. The molecule has 0 radical (unpaired) electrons. The zero-order valence-electron chi connectivity index (χ0n) is 15.9. The highest BCUT2D eigenvalue weighted by Crippen LogP contribution is 2.45. The summed E-state index contributed by atoms with van der Waals surface area (Å²) < 4.78 is 5.87. The lowest BCUT2D eigenvalue weighted by molar-refractivity contribution is 0.474. The first kappa shape index (κ1) is 21.0. The molecule has 0 unspecified atom stereocenters. The minimum Gasteiger partial charge on any atom is -0.453 e. The van der Waals surface area contributed by atoms with Gasteiger partial charge in [-0.25, -0.2) is 0 Å². The van der Waals surface area contributed by atoms with Crippen molar-refractivity contribution in [2.24, 2.45) is 0 Å². The Balaban J connectivity index is 0.000000609. The summed E-state index contributed by atoms with van der Waals surface area (Å²) in [6.45, 7) is 15.3. The molecule has 0 bridgehead atoms. The van der Waals surface area contributed by atoms with Gasteiger partial charge in [0, 0.05) is 6.54 Å². The summed E-state index contributed by atoms with van der Waals surface area (Å²) in [5, 5.41) is 0. The van der Waals surface area contributed by atoms with Crippen LogP contribution in [0.4, 0.5) is 11.4 Å². The number of ether oxygens (including phenoxy) is 1. The molecule has 0 saturated carbocycles. The van der Waals surface area contributed by atoms with Crippen molar-refractivity contribution >= 4 is 11.4 Å². The molecule has 0 saturated heterocycles. The molecule has 0 fully saturated rings. The van der Waals surface area contributed by atoms with Crippen LogP contribution in [0.2, 0.25) is 0 Å². The van der Waals surface area contributed by atoms with Gasteiger partial charge in [0.1, 0.15) is 0 Å². The van der Waals surface area contributed by atoms with E-state index in [9.17, 15) is 0 Å². The second-order valence-electron chi connectivity index (χ2n) is 4.49. The van der Waals surface area contributed by atoms with Gasteiger partial charge in [-0.1, -0.05) is 72.2 Å². The molecule has 1 heterocycles. The highest BCUT2D eigenvalue weighted by Gasteiger charge is 2.21. The van der Waals surface area contributed by atoms with Crippen LogP contribution < -0.4 is 9.64 Å². The number of rotatable bonds is 1. The molecule has 0 atom stereocenters. The highest BCUT2D eigenvalue weighted by molar-refractivity contribution is 5.77. The number of anilines is 2. The summed E-state index contributed by atoms with van der Waals surface area (Å²) in [4.78, 5) is 2.27. The summed E-state index contributed by atoms with van der Waals surface area (Å²) in [7, 11) is 0. The Labute approximate surface area is 143 Å². The van der Waals surface area contributed by atoms with Crippen molar-refractivity contribution in [3.63, 3.8) is 0 Å². The fraction of sp³-hybridized carbons (Fsp3) is 0.429. The molecule has 0 aliphatic carbocycles. The van der Waals surface area contributed by atoms with Crippen molar-refractivity contribution in [3.05, 3.63) is 48.5 Å². The van der Waals surface area contributed by atoms with Crippen LogP contribution in [0, 0.1) is 0 Å². The number of nitrogens with zero attached hydrogens (tertiary/aromatic N) is 1. The maximum atomic E-state index is 5.87. The maximum Gasteiger partial charge on any atom is 0.151 e. The van der Waals surface area contributed by atoms with E-state index in [1.165, 1.54) is 6.42 Å². The molecule has 2 aromatic carbocycles. The molecule has 2 nitrogen and oxygen atoms in total. The second-order valence-corrected chi connectivity index (χ2v) is 4.49. The van der Waals surface area contributed by atoms with Gasteiger partial charge in [-0.15, -0.1) is 0 Å². The minimum absolute atomic E-state index is 0.933. The lowest BCUT2D eigenvalue weighted by Gasteiger charge is -2.31. The van der Waals surface area contributed by atoms with Gasteiger partial charge in [0.15, 0.2) is 11.5 Å². The average Bonchev–Trinajstić information content (AvgIpc) is 2.63. The lowest BCUT2D eigenvalue weighted by Crippen LogP contribution is -2.20. The molecule has 1 aliphatic heterocycles. The van der Waals surface area contributed by atoms with E-state index in [2.05, 4.69) is 37.8 Å². The molecule has 1 aliphatic rings. The Morgan fingerprint density at radius 2 is 1.04 bits per heavy atom. The first-order valence-corrected chi connectivity index (χ1v) is 8.95. The molecule has 23 heavy (non-hydrogen) atoms. The Morgan fingerprint density at radius 1 is 0.696 bits per heavy atom. The van der Waals surface area contributed by atoms with Crippen molar-refractivity contribution in [2.45, 2.75) is 54.9 Å². The first-order chi connectivity index (χ1) is 11.3.